The van der Waals surface area contributed by atoms with Crippen LogP contribution in [0, 0.1) is 0 Å². The Hall–Kier alpha value is -0.830. The topological polar surface area (TPSA) is 12.0 Å². The van der Waals surface area contributed by atoms with Crippen LogP contribution in [0.25, 0.3) is 0 Å². The Morgan fingerprint density at radius 1 is 1.16 bits per heavy atom. The van der Waals surface area contributed by atoms with Crippen LogP contribution in [0.4, 0.5) is 0 Å². The van der Waals surface area contributed by atoms with Gasteiger partial charge < -0.3 is 5.32 Å². The van der Waals surface area contributed by atoms with Crippen molar-refractivity contribution in [2.24, 2.45) is 0 Å². The van der Waals surface area contributed by atoms with Crippen LogP contribution in [0.2, 0.25) is 5.02 Å². The molecule has 0 radical (unpaired) electrons. The zero-order chi connectivity index (χ0) is 14.0. The first kappa shape index (κ1) is 14.6. The highest BCUT2D eigenvalue weighted by Gasteiger charge is 2.24. The molecule has 0 aliphatic rings. The Balaban J connectivity index is 2.54. The third-order valence-electron chi connectivity index (χ3n) is 3.28. The number of hydrogen-bond donors (Lipinski definition) is 1. The minimum atomic E-state index is 0.120. The van der Waals surface area contributed by atoms with E-state index < -0.39 is 0 Å². The maximum atomic E-state index is 6.30. The summed E-state index contributed by atoms with van der Waals surface area (Å²) in [6, 6.07) is 10.7. The summed E-state index contributed by atoms with van der Waals surface area (Å²) in [6.07, 6.45) is 0. The maximum absolute atomic E-state index is 6.30. The van der Waals surface area contributed by atoms with E-state index in [9.17, 15) is 0 Å². The summed E-state index contributed by atoms with van der Waals surface area (Å²) in [6.45, 7) is 6.73. The monoisotopic (exact) mass is 293 g/mol. The molecule has 0 saturated carbocycles. The zero-order valence-electron chi connectivity index (χ0n) is 11.8. The van der Waals surface area contributed by atoms with Crippen molar-refractivity contribution >= 4 is 22.9 Å². The molecule has 19 heavy (non-hydrogen) atoms. The first-order valence-corrected chi connectivity index (χ1v) is 7.70. The molecule has 0 fully saturated rings. The van der Waals surface area contributed by atoms with Gasteiger partial charge in [0.2, 0.25) is 0 Å². The fourth-order valence-electron chi connectivity index (χ4n) is 2.37. The lowest BCUT2D eigenvalue weighted by Crippen LogP contribution is -2.22. The molecular formula is C16H20ClNS. The molecule has 1 aromatic heterocycles. The van der Waals surface area contributed by atoms with Crippen LogP contribution in [0.1, 0.15) is 42.8 Å². The number of rotatable bonds is 3. The molecule has 0 aliphatic carbocycles. The van der Waals surface area contributed by atoms with E-state index in [1.54, 1.807) is 11.3 Å². The smallest absolute Gasteiger partial charge is 0.0686 e. The van der Waals surface area contributed by atoms with Gasteiger partial charge in [0, 0.05) is 4.88 Å². The van der Waals surface area contributed by atoms with Crippen molar-refractivity contribution in [2.45, 2.75) is 32.2 Å². The molecule has 0 spiro atoms. The zero-order valence-corrected chi connectivity index (χ0v) is 13.4. The molecule has 1 atom stereocenters. The van der Waals surface area contributed by atoms with Gasteiger partial charge in [-0.05, 0) is 35.0 Å². The Morgan fingerprint density at radius 3 is 2.37 bits per heavy atom. The summed E-state index contributed by atoms with van der Waals surface area (Å²) in [4.78, 5) is 1.18. The van der Waals surface area contributed by atoms with E-state index in [-0.39, 0.29) is 11.5 Å². The Kier molecular flexibility index (Phi) is 4.34. The molecule has 0 bridgehead atoms. The predicted octanol–water partition coefficient (Wildman–Crippen LogP) is 5.01. The van der Waals surface area contributed by atoms with E-state index in [1.807, 2.05) is 18.5 Å². The van der Waals surface area contributed by atoms with Crippen molar-refractivity contribution < 1.29 is 0 Å². The van der Waals surface area contributed by atoms with Gasteiger partial charge in [-0.3, -0.25) is 0 Å². The van der Waals surface area contributed by atoms with Crippen LogP contribution < -0.4 is 5.32 Å². The quantitative estimate of drug-likeness (QED) is 0.839. The summed E-state index contributed by atoms with van der Waals surface area (Å²) in [5.41, 5.74) is 2.79. The molecule has 1 aromatic carbocycles. The van der Waals surface area contributed by atoms with E-state index in [4.69, 9.17) is 11.6 Å². The molecule has 0 aliphatic heterocycles. The average Bonchev–Trinajstić information content (AvgIpc) is 2.76. The van der Waals surface area contributed by atoms with Crippen LogP contribution in [0.3, 0.4) is 0 Å². The number of hydrogen-bond acceptors (Lipinski definition) is 2. The number of nitrogens with one attached hydrogen (secondary N) is 1. The molecule has 1 nitrogen and oxygen atoms in total. The molecule has 0 amide bonds. The lowest BCUT2D eigenvalue weighted by atomic mass is 9.81. The van der Waals surface area contributed by atoms with Crippen LogP contribution >= 0.6 is 22.9 Å². The number of benzene rings is 1. The normalized spacial score (nSPS) is 13.5. The van der Waals surface area contributed by atoms with Crippen LogP contribution in [0.5, 0.6) is 0 Å². The second kappa shape index (κ2) is 5.66. The summed E-state index contributed by atoms with van der Waals surface area (Å²) >= 11 is 8.00. The van der Waals surface area contributed by atoms with Crippen molar-refractivity contribution in [2.75, 3.05) is 7.05 Å². The van der Waals surface area contributed by atoms with Gasteiger partial charge in [-0.1, -0.05) is 56.6 Å². The van der Waals surface area contributed by atoms with Gasteiger partial charge in [0.25, 0.3) is 0 Å². The summed E-state index contributed by atoms with van der Waals surface area (Å²) < 4.78 is 0. The summed E-state index contributed by atoms with van der Waals surface area (Å²) in [5.74, 6) is 0. The second-order valence-electron chi connectivity index (χ2n) is 5.69. The number of halogens is 1. The van der Waals surface area contributed by atoms with E-state index in [2.05, 4.69) is 50.4 Å². The van der Waals surface area contributed by atoms with E-state index in [0.717, 1.165) is 5.02 Å². The first-order valence-electron chi connectivity index (χ1n) is 6.44. The van der Waals surface area contributed by atoms with Crippen molar-refractivity contribution in [3.63, 3.8) is 0 Å². The molecule has 2 aromatic rings. The fourth-order valence-corrected chi connectivity index (χ4v) is 3.66. The SMILES string of the molecule is CNC(c1ccccc1C(C)(C)C)c1sccc1Cl. The second-order valence-corrected chi connectivity index (χ2v) is 7.05. The molecule has 1 unspecified atom stereocenters. The third kappa shape index (κ3) is 3.02. The van der Waals surface area contributed by atoms with Crippen molar-refractivity contribution in [3.05, 3.63) is 56.7 Å². The molecule has 0 saturated heterocycles. The van der Waals surface area contributed by atoms with Gasteiger partial charge in [-0.15, -0.1) is 11.3 Å². The van der Waals surface area contributed by atoms with Crippen LogP contribution in [-0.2, 0) is 5.41 Å². The Labute approximate surface area is 124 Å². The third-order valence-corrected chi connectivity index (χ3v) is 4.70. The average molecular weight is 294 g/mol. The standard InChI is InChI=1S/C16H20ClNS/c1-16(2,3)12-8-6-5-7-11(12)14(18-4)15-13(17)9-10-19-15/h5-10,14,18H,1-4H3. The lowest BCUT2D eigenvalue weighted by molar-refractivity contribution is 0.568. The molecule has 2 rings (SSSR count). The Bertz CT molecular complexity index is 554. The maximum Gasteiger partial charge on any atom is 0.0686 e. The minimum Gasteiger partial charge on any atom is -0.309 e. The van der Waals surface area contributed by atoms with Gasteiger partial charge in [0.05, 0.1) is 11.1 Å². The van der Waals surface area contributed by atoms with Crippen molar-refractivity contribution in [1.29, 1.82) is 0 Å². The molecule has 3 heteroatoms. The molecule has 1 heterocycles. The molecule has 102 valence electrons. The predicted molar refractivity (Wildman–Crippen MR) is 85.4 cm³/mol. The van der Waals surface area contributed by atoms with E-state index >= 15 is 0 Å². The van der Waals surface area contributed by atoms with Crippen LogP contribution in [-0.4, -0.2) is 7.05 Å². The van der Waals surface area contributed by atoms with Gasteiger partial charge in [-0.25, -0.2) is 0 Å². The van der Waals surface area contributed by atoms with Crippen molar-refractivity contribution in [3.8, 4) is 0 Å². The highest BCUT2D eigenvalue weighted by atomic mass is 35.5. The van der Waals surface area contributed by atoms with Gasteiger partial charge >= 0.3 is 0 Å². The van der Waals surface area contributed by atoms with Gasteiger partial charge in [0.15, 0.2) is 0 Å². The molecular weight excluding hydrogens is 274 g/mol. The Morgan fingerprint density at radius 2 is 1.84 bits per heavy atom. The van der Waals surface area contributed by atoms with E-state index in [1.165, 1.54) is 16.0 Å². The summed E-state index contributed by atoms with van der Waals surface area (Å²) in [5, 5.41) is 6.28. The molecule has 1 N–H and O–H groups in total. The van der Waals surface area contributed by atoms with Gasteiger partial charge in [-0.2, -0.15) is 0 Å². The highest BCUT2D eigenvalue weighted by Crippen LogP contribution is 2.37. The van der Waals surface area contributed by atoms with Gasteiger partial charge in [0.1, 0.15) is 0 Å². The van der Waals surface area contributed by atoms with Crippen molar-refractivity contribution in [1.82, 2.24) is 5.32 Å². The minimum absolute atomic E-state index is 0.120. The highest BCUT2D eigenvalue weighted by molar-refractivity contribution is 7.10. The largest absolute Gasteiger partial charge is 0.309 e. The van der Waals surface area contributed by atoms with E-state index in [0.29, 0.717) is 0 Å². The van der Waals surface area contributed by atoms with Crippen LogP contribution in [0.15, 0.2) is 35.7 Å². The lowest BCUT2D eigenvalue weighted by Gasteiger charge is -2.27. The summed E-state index contributed by atoms with van der Waals surface area (Å²) in [7, 11) is 1.99. The first-order chi connectivity index (χ1) is 8.95. The fraction of sp³-hybridized carbons (Fsp3) is 0.375. The number of thiophene rings is 1.